The predicted molar refractivity (Wildman–Crippen MR) is 177 cm³/mol. The van der Waals surface area contributed by atoms with Crippen LogP contribution in [0.4, 0.5) is 16.2 Å². The number of hydrogen-bond acceptors (Lipinski definition) is 9. The van der Waals surface area contributed by atoms with Gasteiger partial charge in [0.25, 0.3) is 5.91 Å². The number of methoxy groups -OCH3 is 1. The third kappa shape index (κ3) is 10.3. The fourth-order valence-electron chi connectivity index (χ4n) is 5.05. The van der Waals surface area contributed by atoms with Gasteiger partial charge in [0.05, 0.1) is 12.7 Å². The number of unbranched alkanes of at least 4 members (excludes halogenated alkanes) is 1. The quantitative estimate of drug-likeness (QED) is 0.144. The third-order valence-corrected chi connectivity index (χ3v) is 8.33. The molecule has 4 amide bonds. The van der Waals surface area contributed by atoms with Crippen molar-refractivity contribution in [2.24, 2.45) is 0 Å². The van der Waals surface area contributed by atoms with E-state index in [1.807, 2.05) is 27.7 Å². The van der Waals surface area contributed by atoms with E-state index in [1.165, 1.54) is 22.4 Å². The molecule has 2 aromatic rings. The van der Waals surface area contributed by atoms with E-state index in [-0.39, 0.29) is 44.5 Å². The molecular weight excluding hydrogens is 644 g/mol. The lowest BCUT2D eigenvalue weighted by Gasteiger charge is -2.35. The minimum Gasteiger partial charge on any atom is -0.760 e. The number of carbonyl (C=O) groups excluding carboxylic acids is 4. The summed E-state index contributed by atoms with van der Waals surface area (Å²) >= 11 is -2.51. The lowest BCUT2D eigenvalue weighted by Crippen LogP contribution is -2.53. The predicted octanol–water partition coefficient (Wildman–Crippen LogP) is 4.56. The molecule has 48 heavy (non-hydrogen) atoms. The molecule has 1 aliphatic heterocycles. The van der Waals surface area contributed by atoms with Crippen LogP contribution in [-0.4, -0.2) is 79.8 Å². The SMILES string of the molecule is CCCC(=O)OCN1C(=O)CCN(c2cc(C(=O)Nc3ccc(CN(CCCCC(=O)O)S(=O)[O-])cc3)c(OC)c(C(C)(C)C)c2)C1=O. The molecule has 1 fully saturated rings. The van der Waals surface area contributed by atoms with E-state index in [2.05, 4.69) is 5.32 Å². The normalized spacial score (nSPS) is 14.2. The molecular formula is C33H43N4O10S-. The summed E-state index contributed by atoms with van der Waals surface area (Å²) in [6.07, 6.45) is 1.41. The standard InChI is InChI=1S/C33H44N4O10S/c1-6-9-29(41)47-21-37-27(38)15-17-36(32(37)43)24-18-25(30(46-5)26(19-24)33(2,3)4)31(42)34-23-13-11-22(12-14-23)20-35(48(44)45)16-8-7-10-28(39)40/h11-14,18-19H,6-10,15-17,20-21H2,1-5H3,(H,34,42)(H,39,40)(H,44,45)/p-1. The van der Waals surface area contributed by atoms with Crippen molar-refractivity contribution in [2.75, 3.05) is 37.1 Å². The van der Waals surface area contributed by atoms with Crippen molar-refractivity contribution in [2.45, 2.75) is 78.2 Å². The van der Waals surface area contributed by atoms with Gasteiger partial charge in [0.15, 0.2) is 6.73 Å². The largest absolute Gasteiger partial charge is 0.760 e. The summed E-state index contributed by atoms with van der Waals surface area (Å²) < 4.78 is 35.5. The first-order chi connectivity index (χ1) is 22.7. The summed E-state index contributed by atoms with van der Waals surface area (Å²) in [5, 5.41) is 11.6. The van der Waals surface area contributed by atoms with Gasteiger partial charge in [0.1, 0.15) is 5.75 Å². The van der Waals surface area contributed by atoms with Crippen molar-refractivity contribution >= 4 is 52.4 Å². The van der Waals surface area contributed by atoms with Gasteiger partial charge in [-0.15, -0.1) is 0 Å². The van der Waals surface area contributed by atoms with E-state index in [0.29, 0.717) is 47.5 Å². The molecule has 3 rings (SSSR count). The fraction of sp³-hybridized carbons (Fsp3) is 0.485. The molecule has 2 aromatic carbocycles. The van der Waals surface area contributed by atoms with E-state index < -0.39 is 53.2 Å². The van der Waals surface area contributed by atoms with Crippen LogP contribution in [0, 0.1) is 0 Å². The molecule has 0 radical (unpaired) electrons. The van der Waals surface area contributed by atoms with Crippen LogP contribution in [0.5, 0.6) is 5.75 Å². The summed E-state index contributed by atoms with van der Waals surface area (Å²) in [7, 11) is 1.44. The summed E-state index contributed by atoms with van der Waals surface area (Å²) in [4.78, 5) is 64.7. The van der Waals surface area contributed by atoms with Gasteiger partial charge in [0.2, 0.25) is 5.91 Å². The number of carboxylic acid groups (broad SMARTS) is 1. The van der Waals surface area contributed by atoms with Gasteiger partial charge in [-0.05, 0) is 54.5 Å². The summed E-state index contributed by atoms with van der Waals surface area (Å²) in [5.74, 6) is -2.16. The van der Waals surface area contributed by atoms with Gasteiger partial charge in [-0.1, -0.05) is 39.8 Å². The van der Waals surface area contributed by atoms with E-state index in [9.17, 15) is 32.7 Å². The van der Waals surface area contributed by atoms with E-state index in [1.54, 1.807) is 30.3 Å². The Morgan fingerprint density at radius 2 is 1.77 bits per heavy atom. The number of rotatable bonds is 16. The smallest absolute Gasteiger partial charge is 0.333 e. The average molecular weight is 688 g/mol. The number of urea groups is 1. The number of nitrogens with one attached hydrogen (secondary N) is 1. The molecule has 1 aliphatic rings. The van der Waals surface area contributed by atoms with Crippen LogP contribution >= 0.6 is 0 Å². The minimum atomic E-state index is -2.51. The Morgan fingerprint density at radius 3 is 2.35 bits per heavy atom. The molecule has 14 nitrogen and oxygen atoms in total. The highest BCUT2D eigenvalue weighted by Gasteiger charge is 2.35. The van der Waals surface area contributed by atoms with Gasteiger partial charge < -0.3 is 24.4 Å². The highest BCUT2D eigenvalue weighted by molar-refractivity contribution is 7.76. The summed E-state index contributed by atoms with van der Waals surface area (Å²) in [6, 6.07) is 9.17. The lowest BCUT2D eigenvalue weighted by molar-refractivity contribution is -0.150. The lowest BCUT2D eigenvalue weighted by atomic mass is 9.84. The van der Waals surface area contributed by atoms with Crippen molar-refractivity contribution < 1.29 is 47.3 Å². The van der Waals surface area contributed by atoms with Gasteiger partial charge in [0, 0.05) is 67.1 Å². The summed E-state index contributed by atoms with van der Waals surface area (Å²) in [5.41, 5.74) is 1.70. The summed E-state index contributed by atoms with van der Waals surface area (Å²) in [6.45, 7) is 7.39. The van der Waals surface area contributed by atoms with Crippen molar-refractivity contribution in [1.29, 1.82) is 0 Å². The number of hydrogen-bond donors (Lipinski definition) is 2. The Kier molecular flexibility index (Phi) is 13.6. The van der Waals surface area contributed by atoms with Crippen LogP contribution in [0.25, 0.3) is 0 Å². The first-order valence-electron chi connectivity index (χ1n) is 15.6. The molecule has 0 saturated carbocycles. The number of ether oxygens (including phenoxy) is 2. The van der Waals surface area contributed by atoms with Crippen LogP contribution in [0.15, 0.2) is 36.4 Å². The third-order valence-electron chi connectivity index (χ3n) is 7.59. The molecule has 2 N–H and O–H groups in total. The average Bonchev–Trinajstić information content (AvgIpc) is 3.02. The zero-order valence-electron chi connectivity index (χ0n) is 27.9. The molecule has 1 heterocycles. The Balaban J connectivity index is 1.85. The molecule has 1 saturated heterocycles. The molecule has 0 aromatic heterocycles. The number of nitrogens with zero attached hydrogens (tertiary/aromatic N) is 3. The monoisotopic (exact) mass is 687 g/mol. The fourth-order valence-corrected chi connectivity index (χ4v) is 5.58. The molecule has 15 heteroatoms. The first kappa shape index (κ1) is 38.1. The number of esters is 1. The maximum Gasteiger partial charge on any atom is 0.333 e. The highest BCUT2D eigenvalue weighted by atomic mass is 32.2. The van der Waals surface area contributed by atoms with E-state index in [0.717, 1.165) is 4.90 Å². The van der Waals surface area contributed by atoms with Crippen LogP contribution < -0.4 is 15.0 Å². The van der Waals surface area contributed by atoms with Gasteiger partial charge >= 0.3 is 18.0 Å². The molecule has 0 spiro atoms. The van der Waals surface area contributed by atoms with Crippen LogP contribution in [-0.2, 0) is 42.3 Å². The van der Waals surface area contributed by atoms with Crippen molar-refractivity contribution in [3.05, 3.63) is 53.1 Å². The second kappa shape index (κ2) is 17.2. The number of amides is 4. The Labute approximate surface area is 282 Å². The van der Waals surface area contributed by atoms with E-state index >= 15 is 0 Å². The number of imide groups is 1. The zero-order chi connectivity index (χ0) is 35.6. The van der Waals surface area contributed by atoms with Gasteiger partial charge in [-0.2, -0.15) is 0 Å². The zero-order valence-corrected chi connectivity index (χ0v) is 28.7. The number of carbonyl (C=O) groups is 5. The molecule has 0 aliphatic carbocycles. The Morgan fingerprint density at radius 1 is 1.08 bits per heavy atom. The van der Waals surface area contributed by atoms with Crippen LogP contribution in [0.1, 0.15) is 87.7 Å². The van der Waals surface area contributed by atoms with Gasteiger partial charge in [-0.3, -0.25) is 28.3 Å². The molecule has 1 unspecified atom stereocenters. The molecule has 0 bridgehead atoms. The Bertz CT molecular complexity index is 1520. The van der Waals surface area contributed by atoms with Gasteiger partial charge in [-0.25, -0.2) is 14.0 Å². The highest BCUT2D eigenvalue weighted by Crippen LogP contribution is 2.39. The Hall–Kier alpha value is -4.34. The first-order valence-corrected chi connectivity index (χ1v) is 16.7. The topological polar surface area (TPSA) is 186 Å². The van der Waals surface area contributed by atoms with Crippen molar-refractivity contribution in [3.63, 3.8) is 0 Å². The number of anilines is 2. The molecule has 262 valence electrons. The second-order valence-electron chi connectivity index (χ2n) is 12.3. The van der Waals surface area contributed by atoms with E-state index in [4.69, 9.17) is 14.6 Å². The number of carboxylic acids is 1. The van der Waals surface area contributed by atoms with Crippen LogP contribution in [0.2, 0.25) is 0 Å². The molecule has 1 atom stereocenters. The number of benzene rings is 2. The maximum absolute atomic E-state index is 13.7. The van der Waals surface area contributed by atoms with Crippen molar-refractivity contribution in [1.82, 2.24) is 9.21 Å². The van der Waals surface area contributed by atoms with Crippen molar-refractivity contribution in [3.8, 4) is 5.75 Å². The maximum atomic E-state index is 13.7. The minimum absolute atomic E-state index is 0.0124. The van der Waals surface area contributed by atoms with Crippen LogP contribution in [0.3, 0.4) is 0 Å². The number of aliphatic carboxylic acids is 1. The second-order valence-corrected chi connectivity index (χ2v) is 13.3.